The van der Waals surface area contributed by atoms with E-state index < -0.39 is 23.1 Å². The summed E-state index contributed by atoms with van der Waals surface area (Å²) in [6, 6.07) is 21.0. The lowest BCUT2D eigenvalue weighted by atomic mass is 9.67. The molecular formula is C30H23FN4O3. The van der Waals surface area contributed by atoms with Gasteiger partial charge in [0.1, 0.15) is 29.7 Å². The third kappa shape index (κ3) is 3.12. The van der Waals surface area contributed by atoms with Crippen molar-refractivity contribution in [3.63, 3.8) is 0 Å². The Hall–Kier alpha value is -4.90. The molecule has 3 aliphatic rings. The summed E-state index contributed by atoms with van der Waals surface area (Å²) < 4.78 is 19.5. The fourth-order valence-corrected chi connectivity index (χ4v) is 5.94. The monoisotopic (exact) mass is 506 g/mol. The molecule has 2 N–H and O–H groups in total. The molecule has 3 aromatic rings. The number of nitrogens with two attached hydrogens (primary N) is 1. The van der Waals surface area contributed by atoms with Crippen LogP contribution in [0.5, 0.6) is 0 Å². The number of cyclic esters (lactones) is 1. The SMILES string of the molecule is Cc1cc(C)cc(N2C(N)=C(C#N)C3(C(=O)N(Cc4cccc(F)c4)c4ccccc43)C3=C2COC3=O)c1. The van der Waals surface area contributed by atoms with E-state index in [4.69, 9.17) is 10.5 Å². The first-order chi connectivity index (χ1) is 18.3. The van der Waals surface area contributed by atoms with Crippen LogP contribution in [0.2, 0.25) is 0 Å². The molecule has 0 radical (unpaired) electrons. The van der Waals surface area contributed by atoms with Crippen LogP contribution in [0.1, 0.15) is 22.3 Å². The molecule has 38 heavy (non-hydrogen) atoms. The highest BCUT2D eigenvalue weighted by atomic mass is 19.1. The molecule has 8 heteroatoms. The van der Waals surface area contributed by atoms with Crippen LogP contribution in [0.4, 0.5) is 15.8 Å². The summed E-state index contributed by atoms with van der Waals surface area (Å²) in [4.78, 5) is 31.1. The lowest BCUT2D eigenvalue weighted by Gasteiger charge is -2.38. The Kier molecular flexibility index (Phi) is 5.14. The lowest BCUT2D eigenvalue weighted by molar-refractivity contribution is -0.137. The van der Waals surface area contributed by atoms with Gasteiger partial charge in [0.05, 0.1) is 23.4 Å². The maximum Gasteiger partial charge on any atom is 0.338 e. The van der Waals surface area contributed by atoms with Gasteiger partial charge in [-0.2, -0.15) is 5.26 Å². The highest BCUT2D eigenvalue weighted by Crippen LogP contribution is 2.56. The minimum absolute atomic E-state index is 0.0477. The number of rotatable bonds is 3. The van der Waals surface area contributed by atoms with Crippen LogP contribution in [-0.4, -0.2) is 18.5 Å². The van der Waals surface area contributed by atoms with Crippen molar-refractivity contribution >= 4 is 23.3 Å². The van der Waals surface area contributed by atoms with E-state index in [2.05, 4.69) is 6.07 Å². The molecule has 3 heterocycles. The standard InChI is InChI=1S/C30H23FN4O3/c1-17-10-18(2)12-21(11-17)35-25-16-38-28(36)26(25)30(23(14-32)27(35)33)22-8-3-4-9-24(22)34(29(30)37)15-19-6-5-7-20(31)13-19/h3-13H,15-16,33H2,1-2H3. The van der Waals surface area contributed by atoms with E-state index in [1.165, 1.54) is 17.0 Å². The topological polar surface area (TPSA) is 99.7 Å². The number of amides is 1. The third-order valence-electron chi connectivity index (χ3n) is 7.32. The highest BCUT2D eigenvalue weighted by Gasteiger charge is 2.63. The van der Waals surface area contributed by atoms with E-state index in [-0.39, 0.29) is 30.1 Å². The first-order valence-corrected chi connectivity index (χ1v) is 12.1. The molecule has 7 nitrogen and oxygen atoms in total. The van der Waals surface area contributed by atoms with Gasteiger partial charge in [0.15, 0.2) is 0 Å². The fraction of sp³-hybridized carbons (Fsp3) is 0.167. The molecular weight excluding hydrogens is 483 g/mol. The van der Waals surface area contributed by atoms with Gasteiger partial charge >= 0.3 is 5.97 Å². The lowest BCUT2D eigenvalue weighted by Crippen LogP contribution is -2.50. The first kappa shape index (κ1) is 23.5. The average Bonchev–Trinajstić information content (AvgIpc) is 3.36. The molecule has 3 aliphatic heterocycles. The van der Waals surface area contributed by atoms with Crippen LogP contribution in [0.25, 0.3) is 0 Å². The van der Waals surface area contributed by atoms with E-state index in [1.54, 1.807) is 41.3 Å². The summed E-state index contributed by atoms with van der Waals surface area (Å²) in [5, 5.41) is 10.5. The van der Waals surface area contributed by atoms with Gasteiger partial charge in [0.25, 0.3) is 0 Å². The van der Waals surface area contributed by atoms with Gasteiger partial charge in [0.2, 0.25) is 5.91 Å². The van der Waals surface area contributed by atoms with Crippen LogP contribution in [-0.2, 0) is 26.3 Å². The van der Waals surface area contributed by atoms with Crippen LogP contribution in [0.3, 0.4) is 0 Å². The summed E-state index contributed by atoms with van der Waals surface area (Å²) in [5.74, 6) is -1.55. The molecule has 0 aliphatic carbocycles. The van der Waals surface area contributed by atoms with Gasteiger partial charge in [-0.3, -0.25) is 9.69 Å². The number of para-hydroxylation sites is 1. The summed E-state index contributed by atoms with van der Waals surface area (Å²) in [6.45, 7) is 3.84. The summed E-state index contributed by atoms with van der Waals surface area (Å²) in [6.07, 6.45) is 0. The van der Waals surface area contributed by atoms with Crippen molar-refractivity contribution in [3.05, 3.63) is 117 Å². The number of halogens is 1. The molecule has 1 unspecified atom stereocenters. The van der Waals surface area contributed by atoms with Gasteiger partial charge in [-0.25, -0.2) is 9.18 Å². The zero-order valence-corrected chi connectivity index (χ0v) is 20.8. The second-order valence-electron chi connectivity index (χ2n) is 9.74. The van der Waals surface area contributed by atoms with E-state index >= 15 is 0 Å². The Morgan fingerprint density at radius 3 is 2.50 bits per heavy atom. The zero-order chi connectivity index (χ0) is 26.8. The van der Waals surface area contributed by atoms with Crippen molar-refractivity contribution in [2.24, 2.45) is 5.73 Å². The maximum atomic E-state index is 14.5. The number of hydrogen-bond acceptors (Lipinski definition) is 6. The number of nitrogens with zero attached hydrogens (tertiary/aromatic N) is 3. The van der Waals surface area contributed by atoms with E-state index in [0.29, 0.717) is 28.2 Å². The van der Waals surface area contributed by atoms with Crippen molar-refractivity contribution in [1.82, 2.24) is 0 Å². The highest BCUT2D eigenvalue weighted by molar-refractivity contribution is 6.19. The quantitative estimate of drug-likeness (QED) is 0.533. The van der Waals surface area contributed by atoms with Gasteiger partial charge in [-0.05, 0) is 60.9 Å². The largest absolute Gasteiger partial charge is 0.456 e. The molecule has 0 fully saturated rings. The Balaban J connectivity index is 1.62. The maximum absolute atomic E-state index is 14.5. The first-order valence-electron chi connectivity index (χ1n) is 12.1. The van der Waals surface area contributed by atoms with E-state index in [1.807, 2.05) is 32.0 Å². The van der Waals surface area contributed by atoms with Gasteiger partial charge < -0.3 is 15.4 Å². The Bertz CT molecular complexity index is 1650. The molecule has 1 spiro atoms. The Morgan fingerprint density at radius 2 is 1.79 bits per heavy atom. The minimum Gasteiger partial charge on any atom is -0.456 e. The molecule has 6 rings (SSSR count). The van der Waals surface area contributed by atoms with Crippen LogP contribution in [0, 0.1) is 31.0 Å². The van der Waals surface area contributed by atoms with E-state index in [0.717, 1.165) is 11.1 Å². The second kappa shape index (κ2) is 8.32. The average molecular weight is 507 g/mol. The number of ether oxygens (including phenoxy) is 1. The predicted octanol–water partition coefficient (Wildman–Crippen LogP) is 4.25. The number of carbonyl (C=O) groups excluding carboxylic acids is 2. The van der Waals surface area contributed by atoms with Gasteiger partial charge in [0, 0.05) is 16.9 Å². The molecule has 1 atom stereocenters. The predicted molar refractivity (Wildman–Crippen MR) is 139 cm³/mol. The summed E-state index contributed by atoms with van der Waals surface area (Å²) in [5.41, 5.74) is 9.58. The van der Waals surface area contributed by atoms with Crippen molar-refractivity contribution in [2.45, 2.75) is 25.8 Å². The van der Waals surface area contributed by atoms with Gasteiger partial charge in [-0.1, -0.05) is 36.4 Å². The van der Waals surface area contributed by atoms with Crippen molar-refractivity contribution in [1.29, 1.82) is 5.26 Å². The van der Waals surface area contributed by atoms with Crippen molar-refractivity contribution in [2.75, 3.05) is 16.4 Å². The smallest absolute Gasteiger partial charge is 0.338 e. The van der Waals surface area contributed by atoms with Crippen molar-refractivity contribution < 1.29 is 18.7 Å². The molecule has 1 amide bonds. The Labute approximate surface area is 218 Å². The normalized spacial score (nSPS) is 20.2. The van der Waals surface area contributed by atoms with Crippen LogP contribution in [0.15, 0.2) is 89.4 Å². The number of aryl methyl sites for hydroxylation is 2. The van der Waals surface area contributed by atoms with Gasteiger partial charge in [-0.15, -0.1) is 0 Å². The number of anilines is 2. The number of esters is 1. The minimum atomic E-state index is -1.78. The van der Waals surface area contributed by atoms with E-state index in [9.17, 15) is 19.2 Å². The molecule has 3 aromatic carbocycles. The third-order valence-corrected chi connectivity index (χ3v) is 7.32. The molecule has 0 saturated carbocycles. The fourth-order valence-electron chi connectivity index (χ4n) is 5.94. The second-order valence-corrected chi connectivity index (χ2v) is 9.74. The molecule has 188 valence electrons. The zero-order valence-electron chi connectivity index (χ0n) is 20.8. The summed E-state index contributed by atoms with van der Waals surface area (Å²) >= 11 is 0. The molecule has 0 bridgehead atoms. The number of hydrogen-bond donors (Lipinski definition) is 1. The number of fused-ring (bicyclic) bond motifs is 3. The molecule has 0 aromatic heterocycles. The number of nitriles is 1. The number of benzene rings is 3. The van der Waals surface area contributed by atoms with Crippen LogP contribution < -0.4 is 15.5 Å². The Morgan fingerprint density at radius 1 is 1.05 bits per heavy atom. The van der Waals surface area contributed by atoms with Crippen molar-refractivity contribution in [3.8, 4) is 6.07 Å². The van der Waals surface area contributed by atoms with Crippen LogP contribution >= 0.6 is 0 Å². The number of carbonyl (C=O) groups is 2. The molecule has 0 saturated heterocycles. The summed E-state index contributed by atoms with van der Waals surface area (Å²) in [7, 11) is 0.